The van der Waals surface area contributed by atoms with E-state index in [1.807, 2.05) is 31.2 Å². The van der Waals surface area contributed by atoms with Gasteiger partial charge in [0.25, 0.3) is 0 Å². The van der Waals surface area contributed by atoms with E-state index >= 15 is 0 Å². The molecule has 2 N–H and O–H groups in total. The van der Waals surface area contributed by atoms with Gasteiger partial charge >= 0.3 is 5.69 Å². The standard InChI is InChI=1S/C17H20ClN3O2/c1-11-15(12(2)21-17(23)20-11)7-8-16(22)19-10-9-13-3-5-14(18)6-4-13/h3-6H,7-10H2,1-2H3,(H,19,22)(H,20,21,23). The molecule has 23 heavy (non-hydrogen) atoms. The fourth-order valence-electron chi connectivity index (χ4n) is 2.45. The number of carbonyl (C=O) groups is 1. The quantitative estimate of drug-likeness (QED) is 0.852. The van der Waals surface area contributed by atoms with Gasteiger partial charge in [0.2, 0.25) is 5.91 Å². The molecule has 2 aromatic rings. The van der Waals surface area contributed by atoms with Crippen LogP contribution in [0.5, 0.6) is 0 Å². The maximum Gasteiger partial charge on any atom is 0.345 e. The van der Waals surface area contributed by atoms with Crippen molar-refractivity contribution in [1.29, 1.82) is 0 Å². The van der Waals surface area contributed by atoms with Gasteiger partial charge in [0.15, 0.2) is 0 Å². The molecule has 6 heteroatoms. The number of carbonyl (C=O) groups excluding carboxylic acids is 1. The second-order valence-corrected chi connectivity index (χ2v) is 5.89. The maximum absolute atomic E-state index is 11.9. The van der Waals surface area contributed by atoms with Crippen LogP contribution in [-0.2, 0) is 17.6 Å². The van der Waals surface area contributed by atoms with Gasteiger partial charge in [-0.05, 0) is 49.9 Å². The Hall–Kier alpha value is -2.14. The molecule has 0 fully saturated rings. The van der Waals surface area contributed by atoms with Gasteiger partial charge in [-0.1, -0.05) is 23.7 Å². The summed E-state index contributed by atoms with van der Waals surface area (Å²) in [6.07, 6.45) is 1.70. The van der Waals surface area contributed by atoms with E-state index < -0.39 is 0 Å². The Morgan fingerprint density at radius 3 is 2.57 bits per heavy atom. The van der Waals surface area contributed by atoms with Crippen LogP contribution >= 0.6 is 11.6 Å². The molecule has 0 atom stereocenters. The number of aromatic nitrogens is 2. The summed E-state index contributed by atoms with van der Waals surface area (Å²) in [6.45, 7) is 4.20. The average molecular weight is 334 g/mol. The number of nitrogens with one attached hydrogen (secondary N) is 2. The number of nitrogens with zero attached hydrogens (tertiary/aromatic N) is 1. The number of amides is 1. The smallest absolute Gasteiger partial charge is 0.345 e. The largest absolute Gasteiger partial charge is 0.356 e. The molecule has 1 aromatic heterocycles. The van der Waals surface area contributed by atoms with Crippen LogP contribution in [0, 0.1) is 13.8 Å². The number of benzene rings is 1. The number of aryl methyl sites for hydroxylation is 2. The van der Waals surface area contributed by atoms with E-state index in [1.165, 1.54) is 0 Å². The lowest BCUT2D eigenvalue weighted by molar-refractivity contribution is -0.121. The van der Waals surface area contributed by atoms with Crippen molar-refractivity contribution in [2.24, 2.45) is 0 Å². The van der Waals surface area contributed by atoms with Crippen LogP contribution in [0.2, 0.25) is 5.02 Å². The van der Waals surface area contributed by atoms with Gasteiger partial charge in [0, 0.05) is 29.4 Å². The van der Waals surface area contributed by atoms with Crippen molar-refractivity contribution in [2.75, 3.05) is 6.54 Å². The molecule has 1 heterocycles. The molecule has 0 unspecified atom stereocenters. The monoisotopic (exact) mass is 333 g/mol. The van der Waals surface area contributed by atoms with Crippen LogP contribution in [0.3, 0.4) is 0 Å². The SMILES string of the molecule is Cc1nc(=O)[nH]c(C)c1CCC(=O)NCCc1ccc(Cl)cc1. The summed E-state index contributed by atoms with van der Waals surface area (Å²) in [7, 11) is 0. The molecule has 0 aliphatic heterocycles. The number of H-pyrrole nitrogens is 1. The molecule has 0 saturated heterocycles. The Bertz CT molecular complexity index is 712. The molecule has 0 saturated carbocycles. The first-order chi connectivity index (χ1) is 11.0. The number of hydrogen-bond acceptors (Lipinski definition) is 3. The minimum absolute atomic E-state index is 0.0102. The first kappa shape index (κ1) is 17.2. The first-order valence-electron chi connectivity index (χ1n) is 7.53. The van der Waals surface area contributed by atoms with Crippen molar-refractivity contribution in [3.63, 3.8) is 0 Å². The number of rotatable bonds is 6. The zero-order chi connectivity index (χ0) is 16.8. The maximum atomic E-state index is 11.9. The van der Waals surface area contributed by atoms with Gasteiger partial charge in [-0.3, -0.25) is 4.79 Å². The predicted molar refractivity (Wildman–Crippen MR) is 90.8 cm³/mol. The molecule has 2 rings (SSSR count). The molecule has 1 aromatic carbocycles. The van der Waals surface area contributed by atoms with Gasteiger partial charge in [0.05, 0.1) is 0 Å². The second kappa shape index (κ2) is 7.92. The molecule has 5 nitrogen and oxygen atoms in total. The Labute approximate surface area is 140 Å². The summed E-state index contributed by atoms with van der Waals surface area (Å²) >= 11 is 5.83. The van der Waals surface area contributed by atoms with E-state index in [0.29, 0.717) is 30.1 Å². The van der Waals surface area contributed by atoms with Gasteiger partial charge in [-0.25, -0.2) is 4.79 Å². The molecule has 0 aliphatic carbocycles. The molecular formula is C17H20ClN3O2. The molecule has 0 bridgehead atoms. The fraction of sp³-hybridized carbons (Fsp3) is 0.353. The third kappa shape index (κ3) is 5.21. The molecule has 0 radical (unpaired) electrons. The van der Waals surface area contributed by atoms with E-state index in [4.69, 9.17) is 11.6 Å². The summed E-state index contributed by atoms with van der Waals surface area (Å²) in [5.74, 6) is -0.0102. The number of aromatic amines is 1. The van der Waals surface area contributed by atoms with Crippen LogP contribution in [0.15, 0.2) is 29.1 Å². The zero-order valence-electron chi connectivity index (χ0n) is 13.3. The Balaban J connectivity index is 1.79. The second-order valence-electron chi connectivity index (χ2n) is 5.46. The van der Waals surface area contributed by atoms with Crippen molar-refractivity contribution < 1.29 is 4.79 Å². The Kier molecular flexibility index (Phi) is 5.93. The average Bonchev–Trinajstić information content (AvgIpc) is 2.48. The van der Waals surface area contributed by atoms with Crippen LogP contribution in [0.1, 0.15) is 28.9 Å². The van der Waals surface area contributed by atoms with Crippen molar-refractivity contribution in [3.05, 3.63) is 62.3 Å². The minimum Gasteiger partial charge on any atom is -0.356 e. The Morgan fingerprint density at radius 1 is 1.22 bits per heavy atom. The third-order valence-electron chi connectivity index (χ3n) is 3.70. The highest BCUT2D eigenvalue weighted by Gasteiger charge is 2.08. The summed E-state index contributed by atoms with van der Waals surface area (Å²) in [5, 5.41) is 3.61. The van der Waals surface area contributed by atoms with Crippen molar-refractivity contribution >= 4 is 17.5 Å². The predicted octanol–water partition coefficient (Wildman–Crippen LogP) is 2.33. The summed E-state index contributed by atoms with van der Waals surface area (Å²) in [4.78, 5) is 29.7. The molecule has 0 aliphatic rings. The van der Waals surface area contributed by atoms with E-state index in [0.717, 1.165) is 23.2 Å². The highest BCUT2D eigenvalue weighted by molar-refractivity contribution is 6.30. The lowest BCUT2D eigenvalue weighted by Gasteiger charge is -2.09. The van der Waals surface area contributed by atoms with E-state index in [1.54, 1.807) is 6.92 Å². The summed E-state index contributed by atoms with van der Waals surface area (Å²) in [5.41, 5.74) is 3.16. The van der Waals surface area contributed by atoms with Crippen molar-refractivity contribution in [2.45, 2.75) is 33.1 Å². The molecule has 0 spiro atoms. The first-order valence-corrected chi connectivity index (χ1v) is 7.91. The normalized spacial score (nSPS) is 10.6. The summed E-state index contributed by atoms with van der Waals surface area (Å²) in [6, 6.07) is 7.58. The number of halogens is 1. The number of hydrogen-bond donors (Lipinski definition) is 2. The van der Waals surface area contributed by atoms with Crippen LogP contribution in [0.25, 0.3) is 0 Å². The van der Waals surface area contributed by atoms with Gasteiger partial charge in [-0.2, -0.15) is 4.98 Å². The lowest BCUT2D eigenvalue weighted by atomic mass is 10.1. The minimum atomic E-state index is -0.351. The van der Waals surface area contributed by atoms with Crippen LogP contribution in [-0.4, -0.2) is 22.4 Å². The van der Waals surface area contributed by atoms with Crippen LogP contribution in [0.4, 0.5) is 0 Å². The summed E-state index contributed by atoms with van der Waals surface area (Å²) < 4.78 is 0. The van der Waals surface area contributed by atoms with Gasteiger partial charge < -0.3 is 10.3 Å². The zero-order valence-corrected chi connectivity index (χ0v) is 14.0. The molecule has 122 valence electrons. The van der Waals surface area contributed by atoms with Crippen LogP contribution < -0.4 is 11.0 Å². The van der Waals surface area contributed by atoms with E-state index in [2.05, 4.69) is 15.3 Å². The fourth-order valence-corrected chi connectivity index (χ4v) is 2.57. The van der Waals surface area contributed by atoms with Crippen molar-refractivity contribution in [1.82, 2.24) is 15.3 Å². The third-order valence-corrected chi connectivity index (χ3v) is 3.96. The highest BCUT2D eigenvalue weighted by Crippen LogP contribution is 2.10. The topological polar surface area (TPSA) is 74.8 Å². The van der Waals surface area contributed by atoms with Gasteiger partial charge in [-0.15, -0.1) is 0 Å². The molecular weight excluding hydrogens is 314 g/mol. The van der Waals surface area contributed by atoms with E-state index in [9.17, 15) is 9.59 Å². The van der Waals surface area contributed by atoms with E-state index in [-0.39, 0.29) is 11.6 Å². The molecule has 1 amide bonds. The van der Waals surface area contributed by atoms with Crippen molar-refractivity contribution in [3.8, 4) is 0 Å². The van der Waals surface area contributed by atoms with Gasteiger partial charge in [0.1, 0.15) is 0 Å². The Morgan fingerprint density at radius 2 is 1.91 bits per heavy atom. The lowest BCUT2D eigenvalue weighted by Crippen LogP contribution is -2.26. The highest BCUT2D eigenvalue weighted by atomic mass is 35.5.